The summed E-state index contributed by atoms with van der Waals surface area (Å²) < 4.78 is 1.50. The van der Waals surface area contributed by atoms with Gasteiger partial charge >= 0.3 is 0 Å². The number of carbonyl (C=O) groups excluding carboxylic acids is 2. The molecule has 2 amide bonds. The second kappa shape index (κ2) is 9.49. The first-order chi connectivity index (χ1) is 13.4. The van der Waals surface area contributed by atoms with Crippen molar-refractivity contribution in [3.05, 3.63) is 69.0 Å². The van der Waals surface area contributed by atoms with Crippen LogP contribution in [0.2, 0.25) is 0 Å². The van der Waals surface area contributed by atoms with E-state index < -0.39 is 0 Å². The molecule has 0 aliphatic carbocycles. The molecule has 7 heteroatoms. The lowest BCUT2D eigenvalue weighted by Gasteiger charge is -2.14. The summed E-state index contributed by atoms with van der Waals surface area (Å²) in [6.45, 7) is 2.46. The third kappa shape index (κ3) is 5.53. The van der Waals surface area contributed by atoms with Crippen molar-refractivity contribution in [2.75, 3.05) is 11.9 Å². The van der Waals surface area contributed by atoms with E-state index in [0.29, 0.717) is 28.6 Å². The summed E-state index contributed by atoms with van der Waals surface area (Å²) >= 11 is 10.0. The van der Waals surface area contributed by atoms with Gasteiger partial charge in [-0.1, -0.05) is 69.7 Å². The predicted octanol–water partition coefficient (Wildman–Crippen LogP) is 5.38. The van der Waals surface area contributed by atoms with Gasteiger partial charge in [0.2, 0.25) is 5.91 Å². The normalized spacial score (nSPS) is 15.4. The molecule has 3 rings (SSSR count). The molecule has 0 unspecified atom stereocenters. The fourth-order valence-electron chi connectivity index (χ4n) is 2.66. The Morgan fingerprint density at radius 2 is 1.86 bits per heavy atom. The van der Waals surface area contributed by atoms with Crippen LogP contribution in [0, 0.1) is 6.92 Å². The van der Waals surface area contributed by atoms with E-state index in [1.807, 2.05) is 61.5 Å². The van der Waals surface area contributed by atoms with E-state index in [1.54, 1.807) is 4.90 Å². The van der Waals surface area contributed by atoms with Gasteiger partial charge in [0.25, 0.3) is 5.91 Å². The molecule has 0 atom stereocenters. The lowest BCUT2D eigenvalue weighted by atomic mass is 10.1. The number of nitrogens with one attached hydrogen (secondary N) is 1. The quantitative estimate of drug-likeness (QED) is 0.451. The van der Waals surface area contributed by atoms with Crippen molar-refractivity contribution in [1.82, 2.24) is 4.90 Å². The molecule has 0 aromatic heterocycles. The van der Waals surface area contributed by atoms with Gasteiger partial charge in [0, 0.05) is 23.1 Å². The van der Waals surface area contributed by atoms with Crippen molar-refractivity contribution in [3.63, 3.8) is 0 Å². The van der Waals surface area contributed by atoms with Gasteiger partial charge in [-0.2, -0.15) is 0 Å². The summed E-state index contributed by atoms with van der Waals surface area (Å²) in [5.41, 5.74) is 2.89. The summed E-state index contributed by atoms with van der Waals surface area (Å²) in [4.78, 5) is 26.9. The minimum absolute atomic E-state index is 0.0806. The Morgan fingerprint density at radius 1 is 1.18 bits per heavy atom. The van der Waals surface area contributed by atoms with Crippen molar-refractivity contribution in [3.8, 4) is 0 Å². The molecule has 2 aromatic rings. The SMILES string of the molecule is Cc1ccc(C=C2SC(=S)N(CCCC(=O)Nc3ccc(Br)cc3)C2=O)cc1. The second-order valence-corrected chi connectivity index (χ2v) is 8.99. The monoisotopic (exact) mass is 474 g/mol. The summed E-state index contributed by atoms with van der Waals surface area (Å²) in [5, 5.41) is 2.85. The van der Waals surface area contributed by atoms with Crippen molar-refractivity contribution in [1.29, 1.82) is 0 Å². The molecule has 28 heavy (non-hydrogen) atoms. The van der Waals surface area contributed by atoms with E-state index in [-0.39, 0.29) is 11.8 Å². The predicted molar refractivity (Wildman–Crippen MR) is 123 cm³/mol. The largest absolute Gasteiger partial charge is 0.326 e. The molecule has 0 spiro atoms. The number of carbonyl (C=O) groups is 2. The molecule has 1 fully saturated rings. The van der Waals surface area contributed by atoms with Gasteiger partial charge in [-0.05, 0) is 49.2 Å². The van der Waals surface area contributed by atoms with Crippen molar-refractivity contribution < 1.29 is 9.59 Å². The number of halogens is 1. The lowest BCUT2D eigenvalue weighted by molar-refractivity contribution is -0.122. The topological polar surface area (TPSA) is 49.4 Å². The van der Waals surface area contributed by atoms with E-state index in [4.69, 9.17) is 12.2 Å². The number of amides is 2. The van der Waals surface area contributed by atoms with Gasteiger partial charge in [-0.15, -0.1) is 0 Å². The van der Waals surface area contributed by atoms with Crippen molar-refractivity contribution in [2.45, 2.75) is 19.8 Å². The lowest BCUT2D eigenvalue weighted by Crippen LogP contribution is -2.29. The van der Waals surface area contributed by atoms with E-state index in [9.17, 15) is 9.59 Å². The highest BCUT2D eigenvalue weighted by Crippen LogP contribution is 2.32. The van der Waals surface area contributed by atoms with Crippen LogP contribution in [0.25, 0.3) is 6.08 Å². The molecule has 0 bridgehead atoms. The van der Waals surface area contributed by atoms with Crippen LogP contribution in [0.3, 0.4) is 0 Å². The van der Waals surface area contributed by atoms with E-state index in [1.165, 1.54) is 17.3 Å². The number of nitrogens with zero attached hydrogens (tertiary/aromatic N) is 1. The maximum atomic E-state index is 12.6. The molecule has 144 valence electrons. The Bertz CT molecular complexity index is 924. The molecule has 1 aliphatic heterocycles. The van der Waals surface area contributed by atoms with Crippen molar-refractivity contribution in [2.24, 2.45) is 0 Å². The molecule has 0 radical (unpaired) electrons. The Hall–Kier alpha value is -1.96. The first-order valence-corrected chi connectivity index (χ1v) is 10.8. The van der Waals surface area contributed by atoms with Crippen LogP contribution in [0.1, 0.15) is 24.0 Å². The highest BCUT2D eigenvalue weighted by molar-refractivity contribution is 9.10. The number of rotatable bonds is 6. The Kier molecular flexibility index (Phi) is 7.04. The zero-order chi connectivity index (χ0) is 20.1. The van der Waals surface area contributed by atoms with Crippen LogP contribution in [0.15, 0.2) is 57.9 Å². The second-order valence-electron chi connectivity index (χ2n) is 6.40. The zero-order valence-corrected chi connectivity index (χ0v) is 18.5. The van der Waals surface area contributed by atoms with Crippen LogP contribution in [0.4, 0.5) is 5.69 Å². The third-order valence-electron chi connectivity index (χ3n) is 4.16. The number of aryl methyl sites for hydroxylation is 1. The maximum Gasteiger partial charge on any atom is 0.266 e. The van der Waals surface area contributed by atoms with Crippen LogP contribution >= 0.6 is 39.9 Å². The van der Waals surface area contributed by atoms with Gasteiger partial charge in [0.1, 0.15) is 4.32 Å². The van der Waals surface area contributed by atoms with E-state index >= 15 is 0 Å². The smallest absolute Gasteiger partial charge is 0.266 e. The average Bonchev–Trinajstić information content (AvgIpc) is 2.93. The van der Waals surface area contributed by atoms with E-state index in [0.717, 1.165) is 15.7 Å². The fourth-order valence-corrected chi connectivity index (χ4v) is 4.23. The number of benzene rings is 2. The maximum absolute atomic E-state index is 12.6. The minimum atomic E-state index is -0.0936. The number of hydrogen-bond acceptors (Lipinski definition) is 4. The minimum Gasteiger partial charge on any atom is -0.326 e. The first-order valence-electron chi connectivity index (χ1n) is 8.80. The highest BCUT2D eigenvalue weighted by Gasteiger charge is 2.31. The molecular formula is C21H19BrN2O2S2. The van der Waals surface area contributed by atoms with Gasteiger partial charge in [-0.25, -0.2) is 0 Å². The molecule has 1 aliphatic rings. The van der Waals surface area contributed by atoms with Crippen LogP contribution in [0.5, 0.6) is 0 Å². The van der Waals surface area contributed by atoms with Gasteiger partial charge in [0.05, 0.1) is 4.91 Å². The standard InChI is InChI=1S/C21H19BrN2O2S2/c1-14-4-6-15(7-5-14)13-18-20(26)24(21(27)28-18)12-2-3-19(25)23-17-10-8-16(22)9-11-17/h4-11,13H,2-3,12H2,1H3,(H,23,25). The Balaban J connectivity index is 1.52. The van der Waals surface area contributed by atoms with Crippen LogP contribution < -0.4 is 5.32 Å². The first kappa shape index (κ1) is 20.8. The van der Waals surface area contributed by atoms with Gasteiger partial charge in [0.15, 0.2) is 0 Å². The van der Waals surface area contributed by atoms with E-state index in [2.05, 4.69) is 21.2 Å². The zero-order valence-electron chi connectivity index (χ0n) is 15.3. The Morgan fingerprint density at radius 3 is 2.54 bits per heavy atom. The van der Waals surface area contributed by atoms with Crippen LogP contribution in [-0.4, -0.2) is 27.6 Å². The number of anilines is 1. The third-order valence-corrected chi connectivity index (χ3v) is 6.07. The average molecular weight is 475 g/mol. The highest BCUT2D eigenvalue weighted by atomic mass is 79.9. The van der Waals surface area contributed by atoms with Crippen LogP contribution in [-0.2, 0) is 9.59 Å². The number of thioether (sulfide) groups is 1. The molecule has 0 saturated carbocycles. The fraction of sp³-hybridized carbons (Fsp3) is 0.190. The number of hydrogen-bond donors (Lipinski definition) is 1. The van der Waals surface area contributed by atoms with Gasteiger partial charge < -0.3 is 5.32 Å². The molecule has 1 heterocycles. The molecule has 2 aromatic carbocycles. The summed E-state index contributed by atoms with van der Waals surface area (Å²) in [7, 11) is 0. The summed E-state index contributed by atoms with van der Waals surface area (Å²) in [5.74, 6) is -0.174. The molecule has 1 N–H and O–H groups in total. The summed E-state index contributed by atoms with van der Waals surface area (Å²) in [6.07, 6.45) is 2.73. The molecular weight excluding hydrogens is 456 g/mol. The summed E-state index contributed by atoms with van der Waals surface area (Å²) in [6, 6.07) is 15.4. The van der Waals surface area contributed by atoms with Gasteiger partial charge in [-0.3, -0.25) is 14.5 Å². The molecule has 1 saturated heterocycles. The molecule has 4 nitrogen and oxygen atoms in total. The number of thiocarbonyl (C=S) groups is 1. The Labute approximate surface area is 182 Å². The van der Waals surface area contributed by atoms with Crippen molar-refractivity contribution >= 4 is 67.8 Å².